The van der Waals surface area contributed by atoms with Crippen LogP contribution in [0, 0.1) is 0 Å². The summed E-state index contributed by atoms with van der Waals surface area (Å²) in [5.74, 6) is 1.00. The van der Waals surface area contributed by atoms with Gasteiger partial charge in [0, 0.05) is 6.04 Å². The lowest BCUT2D eigenvalue weighted by atomic mass is 9.99. The molecule has 2 atom stereocenters. The second-order valence-corrected chi connectivity index (χ2v) is 3.31. The summed E-state index contributed by atoms with van der Waals surface area (Å²) < 4.78 is 5.30. The molecule has 1 saturated heterocycles. The average Bonchev–Trinajstić information content (AvgIpc) is 2.56. The summed E-state index contributed by atoms with van der Waals surface area (Å²) in [5, 5.41) is 3.38. The van der Waals surface area contributed by atoms with E-state index >= 15 is 0 Å². The van der Waals surface area contributed by atoms with Crippen molar-refractivity contribution in [2.45, 2.75) is 24.9 Å². The summed E-state index contributed by atoms with van der Waals surface area (Å²) >= 11 is 0. The number of hydrogen-bond donors (Lipinski definition) is 2. The maximum atomic E-state index is 5.85. The normalized spacial score (nSPS) is 30.4. The van der Waals surface area contributed by atoms with Crippen LogP contribution in [0.1, 0.15) is 24.6 Å². The molecule has 0 saturated carbocycles. The fraction of sp³-hybridized carbons (Fsp3) is 0.556. The van der Waals surface area contributed by atoms with Gasteiger partial charge in [0.1, 0.15) is 5.76 Å². The predicted octanol–water partition coefficient (Wildman–Crippen LogP) is 1.03. The minimum absolute atomic E-state index is 0.321. The van der Waals surface area contributed by atoms with Crippen LogP contribution in [0.2, 0.25) is 0 Å². The van der Waals surface area contributed by atoms with Gasteiger partial charge in [0.05, 0.1) is 12.3 Å². The van der Waals surface area contributed by atoms with Crippen LogP contribution < -0.4 is 11.1 Å². The number of hydrogen-bond acceptors (Lipinski definition) is 3. The highest BCUT2D eigenvalue weighted by molar-refractivity contribution is 5.06. The van der Waals surface area contributed by atoms with Gasteiger partial charge in [-0.1, -0.05) is 0 Å². The standard InChI is InChI=1S/C9H14N2O/c10-7-3-4-11-8(6-7)9-2-1-5-12-9/h1-2,5,7-8,11H,3-4,6,10H2. The molecule has 3 N–H and O–H groups in total. The van der Waals surface area contributed by atoms with Crippen LogP contribution in [0.5, 0.6) is 0 Å². The summed E-state index contributed by atoms with van der Waals surface area (Å²) in [6, 6.07) is 4.55. The van der Waals surface area contributed by atoms with Crippen LogP contribution in [0.3, 0.4) is 0 Å². The summed E-state index contributed by atoms with van der Waals surface area (Å²) in [5.41, 5.74) is 5.85. The summed E-state index contributed by atoms with van der Waals surface area (Å²) in [4.78, 5) is 0. The first-order valence-electron chi connectivity index (χ1n) is 4.38. The smallest absolute Gasteiger partial charge is 0.120 e. The van der Waals surface area contributed by atoms with E-state index < -0.39 is 0 Å². The Balaban J connectivity index is 2.04. The van der Waals surface area contributed by atoms with Gasteiger partial charge in [0.2, 0.25) is 0 Å². The van der Waals surface area contributed by atoms with Gasteiger partial charge in [-0.15, -0.1) is 0 Å². The molecular formula is C9H14N2O. The van der Waals surface area contributed by atoms with Gasteiger partial charge in [-0.2, -0.15) is 0 Å². The van der Waals surface area contributed by atoms with Crippen LogP contribution >= 0.6 is 0 Å². The second kappa shape index (κ2) is 3.29. The molecule has 0 aromatic carbocycles. The predicted molar refractivity (Wildman–Crippen MR) is 46.7 cm³/mol. The SMILES string of the molecule is NC1CCNC(c2ccco2)C1. The van der Waals surface area contributed by atoms with E-state index in [-0.39, 0.29) is 0 Å². The van der Waals surface area contributed by atoms with E-state index in [1.165, 1.54) is 0 Å². The molecule has 3 heteroatoms. The van der Waals surface area contributed by atoms with Crippen LogP contribution in [0.25, 0.3) is 0 Å². The quantitative estimate of drug-likeness (QED) is 0.655. The zero-order valence-electron chi connectivity index (χ0n) is 6.99. The van der Waals surface area contributed by atoms with E-state index in [9.17, 15) is 0 Å². The molecule has 0 radical (unpaired) electrons. The van der Waals surface area contributed by atoms with Crippen LogP contribution in [0.15, 0.2) is 22.8 Å². The molecule has 66 valence electrons. The Labute approximate surface area is 71.9 Å². The Morgan fingerprint density at radius 3 is 3.17 bits per heavy atom. The molecule has 12 heavy (non-hydrogen) atoms. The lowest BCUT2D eigenvalue weighted by Crippen LogP contribution is -2.38. The highest BCUT2D eigenvalue weighted by atomic mass is 16.3. The van der Waals surface area contributed by atoms with Crippen molar-refractivity contribution in [3.8, 4) is 0 Å². The molecule has 0 aliphatic carbocycles. The zero-order chi connectivity index (χ0) is 8.39. The lowest BCUT2D eigenvalue weighted by molar-refractivity contribution is 0.322. The van der Waals surface area contributed by atoms with Crippen molar-refractivity contribution < 1.29 is 4.42 Å². The zero-order valence-corrected chi connectivity index (χ0v) is 6.99. The number of rotatable bonds is 1. The van der Waals surface area contributed by atoms with E-state index in [2.05, 4.69) is 5.32 Å². The van der Waals surface area contributed by atoms with E-state index in [1.807, 2.05) is 12.1 Å². The lowest BCUT2D eigenvalue weighted by Gasteiger charge is -2.26. The largest absolute Gasteiger partial charge is 0.468 e. The summed E-state index contributed by atoms with van der Waals surface area (Å²) in [7, 11) is 0. The average molecular weight is 166 g/mol. The van der Waals surface area contributed by atoms with Gasteiger partial charge in [0.25, 0.3) is 0 Å². The van der Waals surface area contributed by atoms with Crippen molar-refractivity contribution in [2.24, 2.45) is 5.73 Å². The minimum atomic E-state index is 0.321. The Morgan fingerprint density at radius 2 is 2.50 bits per heavy atom. The molecule has 2 unspecified atom stereocenters. The molecule has 1 aromatic heterocycles. The highest BCUT2D eigenvalue weighted by Crippen LogP contribution is 2.22. The summed E-state index contributed by atoms with van der Waals surface area (Å²) in [6.45, 7) is 0.993. The van der Waals surface area contributed by atoms with Gasteiger partial charge >= 0.3 is 0 Å². The van der Waals surface area contributed by atoms with Crippen LogP contribution in [-0.2, 0) is 0 Å². The van der Waals surface area contributed by atoms with Crippen molar-refractivity contribution in [1.82, 2.24) is 5.32 Å². The van der Waals surface area contributed by atoms with Crippen molar-refractivity contribution >= 4 is 0 Å². The third kappa shape index (κ3) is 1.52. The molecule has 2 rings (SSSR count). The van der Waals surface area contributed by atoms with Crippen molar-refractivity contribution in [3.05, 3.63) is 24.2 Å². The molecule has 1 aliphatic heterocycles. The second-order valence-electron chi connectivity index (χ2n) is 3.31. The van der Waals surface area contributed by atoms with Gasteiger partial charge in [-0.25, -0.2) is 0 Å². The van der Waals surface area contributed by atoms with Crippen LogP contribution in [0.4, 0.5) is 0 Å². The molecule has 1 fully saturated rings. The Bertz CT molecular complexity index is 233. The Morgan fingerprint density at radius 1 is 1.58 bits per heavy atom. The topological polar surface area (TPSA) is 51.2 Å². The third-order valence-corrected chi connectivity index (χ3v) is 2.33. The number of nitrogens with two attached hydrogens (primary N) is 1. The first-order chi connectivity index (χ1) is 5.86. The van der Waals surface area contributed by atoms with Crippen molar-refractivity contribution in [3.63, 3.8) is 0 Å². The molecule has 1 aliphatic rings. The minimum Gasteiger partial charge on any atom is -0.468 e. The fourth-order valence-corrected chi connectivity index (χ4v) is 1.65. The van der Waals surface area contributed by atoms with Gasteiger partial charge in [-0.05, 0) is 31.5 Å². The molecule has 1 aromatic rings. The number of nitrogens with one attached hydrogen (secondary N) is 1. The van der Waals surface area contributed by atoms with Gasteiger partial charge in [0.15, 0.2) is 0 Å². The van der Waals surface area contributed by atoms with Crippen molar-refractivity contribution in [2.75, 3.05) is 6.54 Å². The van der Waals surface area contributed by atoms with E-state index in [0.29, 0.717) is 12.1 Å². The Kier molecular flexibility index (Phi) is 2.15. The summed E-state index contributed by atoms with van der Waals surface area (Å²) in [6.07, 6.45) is 3.75. The molecule has 3 nitrogen and oxygen atoms in total. The maximum Gasteiger partial charge on any atom is 0.120 e. The van der Waals surface area contributed by atoms with Gasteiger partial charge in [-0.3, -0.25) is 0 Å². The maximum absolute atomic E-state index is 5.85. The van der Waals surface area contributed by atoms with E-state index in [1.54, 1.807) is 6.26 Å². The van der Waals surface area contributed by atoms with Crippen LogP contribution in [-0.4, -0.2) is 12.6 Å². The molecule has 2 heterocycles. The monoisotopic (exact) mass is 166 g/mol. The number of piperidine rings is 1. The third-order valence-electron chi connectivity index (χ3n) is 2.33. The van der Waals surface area contributed by atoms with Gasteiger partial charge < -0.3 is 15.5 Å². The fourth-order valence-electron chi connectivity index (χ4n) is 1.65. The van der Waals surface area contributed by atoms with E-state index in [4.69, 9.17) is 10.2 Å². The number of furan rings is 1. The van der Waals surface area contributed by atoms with Crippen molar-refractivity contribution in [1.29, 1.82) is 0 Å². The highest BCUT2D eigenvalue weighted by Gasteiger charge is 2.21. The molecular weight excluding hydrogens is 152 g/mol. The first-order valence-corrected chi connectivity index (χ1v) is 4.38. The Hall–Kier alpha value is -0.800. The first kappa shape index (κ1) is 7.83. The molecule has 0 spiro atoms. The molecule has 0 amide bonds. The van der Waals surface area contributed by atoms with E-state index in [0.717, 1.165) is 25.1 Å². The molecule has 0 bridgehead atoms.